The van der Waals surface area contributed by atoms with Crippen molar-refractivity contribution < 1.29 is 9.59 Å². The zero-order chi connectivity index (χ0) is 15.8. The lowest BCUT2D eigenvalue weighted by Crippen LogP contribution is -2.31. The SMILES string of the molecule is CC(C)C(=O)Nc1ccc(C(=O)N(CC#N)CC#N)cc1. The Balaban J connectivity index is 2.82. The van der Waals surface area contributed by atoms with Crippen LogP contribution in [0.15, 0.2) is 24.3 Å². The van der Waals surface area contributed by atoms with Crippen molar-refractivity contribution in [2.45, 2.75) is 13.8 Å². The van der Waals surface area contributed by atoms with E-state index in [1.54, 1.807) is 38.1 Å². The zero-order valence-electron chi connectivity index (χ0n) is 12.0. The highest BCUT2D eigenvalue weighted by atomic mass is 16.2. The lowest BCUT2D eigenvalue weighted by atomic mass is 10.1. The first-order valence-electron chi connectivity index (χ1n) is 6.43. The molecule has 0 aliphatic rings. The second-order valence-corrected chi connectivity index (χ2v) is 4.70. The minimum absolute atomic E-state index is 0.107. The number of rotatable bonds is 5. The van der Waals surface area contributed by atoms with Crippen molar-refractivity contribution in [2.75, 3.05) is 18.4 Å². The van der Waals surface area contributed by atoms with Crippen LogP contribution in [0.2, 0.25) is 0 Å². The molecule has 0 bridgehead atoms. The molecule has 6 nitrogen and oxygen atoms in total. The molecule has 6 heteroatoms. The highest BCUT2D eigenvalue weighted by Crippen LogP contribution is 2.12. The van der Waals surface area contributed by atoms with Crippen molar-refractivity contribution in [3.63, 3.8) is 0 Å². The Labute approximate surface area is 123 Å². The topological polar surface area (TPSA) is 97.0 Å². The van der Waals surface area contributed by atoms with E-state index in [9.17, 15) is 9.59 Å². The Morgan fingerprint density at radius 2 is 1.67 bits per heavy atom. The molecule has 0 heterocycles. The molecule has 0 unspecified atom stereocenters. The van der Waals surface area contributed by atoms with Crippen LogP contribution < -0.4 is 5.32 Å². The summed E-state index contributed by atoms with van der Waals surface area (Å²) in [7, 11) is 0. The molecule has 0 radical (unpaired) electrons. The van der Waals surface area contributed by atoms with Crippen LogP contribution in [0, 0.1) is 28.6 Å². The second kappa shape index (κ2) is 7.66. The fourth-order valence-electron chi connectivity index (χ4n) is 1.54. The van der Waals surface area contributed by atoms with Crippen LogP contribution in [-0.4, -0.2) is 29.8 Å². The van der Waals surface area contributed by atoms with E-state index in [1.807, 2.05) is 12.1 Å². The van der Waals surface area contributed by atoms with Crippen molar-refractivity contribution in [1.29, 1.82) is 10.5 Å². The van der Waals surface area contributed by atoms with Gasteiger partial charge in [-0.15, -0.1) is 0 Å². The van der Waals surface area contributed by atoms with E-state index in [-0.39, 0.29) is 30.8 Å². The second-order valence-electron chi connectivity index (χ2n) is 4.70. The van der Waals surface area contributed by atoms with Gasteiger partial charge in [-0.2, -0.15) is 10.5 Å². The number of hydrogen-bond acceptors (Lipinski definition) is 4. The quantitative estimate of drug-likeness (QED) is 0.833. The molecule has 21 heavy (non-hydrogen) atoms. The monoisotopic (exact) mass is 284 g/mol. The summed E-state index contributed by atoms with van der Waals surface area (Å²) in [5.41, 5.74) is 0.959. The third-order valence-electron chi connectivity index (χ3n) is 2.73. The molecular weight excluding hydrogens is 268 g/mol. The number of amides is 2. The summed E-state index contributed by atoms with van der Waals surface area (Å²) in [4.78, 5) is 24.8. The van der Waals surface area contributed by atoms with Crippen molar-refractivity contribution in [2.24, 2.45) is 5.92 Å². The van der Waals surface area contributed by atoms with E-state index < -0.39 is 0 Å². The van der Waals surface area contributed by atoms with Gasteiger partial charge in [-0.1, -0.05) is 13.8 Å². The fraction of sp³-hybridized carbons (Fsp3) is 0.333. The lowest BCUT2D eigenvalue weighted by Gasteiger charge is -2.16. The third-order valence-corrected chi connectivity index (χ3v) is 2.73. The highest BCUT2D eigenvalue weighted by Gasteiger charge is 2.15. The summed E-state index contributed by atoms with van der Waals surface area (Å²) in [5.74, 6) is -0.627. The van der Waals surface area contributed by atoms with Crippen molar-refractivity contribution >= 4 is 17.5 Å². The zero-order valence-corrected chi connectivity index (χ0v) is 12.0. The van der Waals surface area contributed by atoms with Gasteiger partial charge in [-0.25, -0.2) is 0 Å². The maximum Gasteiger partial charge on any atom is 0.255 e. The van der Waals surface area contributed by atoms with Gasteiger partial charge in [0, 0.05) is 17.2 Å². The van der Waals surface area contributed by atoms with E-state index in [0.717, 1.165) is 4.90 Å². The lowest BCUT2D eigenvalue weighted by molar-refractivity contribution is -0.118. The fourth-order valence-corrected chi connectivity index (χ4v) is 1.54. The first-order valence-corrected chi connectivity index (χ1v) is 6.43. The van der Waals surface area contributed by atoms with Gasteiger partial charge in [-0.05, 0) is 24.3 Å². The van der Waals surface area contributed by atoms with E-state index in [4.69, 9.17) is 10.5 Å². The minimum atomic E-state index is -0.389. The standard InChI is InChI=1S/C15H16N4O2/c1-11(2)14(20)18-13-5-3-12(4-6-13)15(21)19(9-7-16)10-8-17/h3-6,11H,9-10H2,1-2H3,(H,18,20). The van der Waals surface area contributed by atoms with Crippen LogP contribution in [0.25, 0.3) is 0 Å². The van der Waals surface area contributed by atoms with Gasteiger partial charge < -0.3 is 10.2 Å². The molecule has 2 amide bonds. The smallest absolute Gasteiger partial charge is 0.255 e. The van der Waals surface area contributed by atoms with Gasteiger partial charge in [0.05, 0.1) is 12.1 Å². The average Bonchev–Trinajstić information content (AvgIpc) is 2.47. The largest absolute Gasteiger partial charge is 0.326 e. The summed E-state index contributed by atoms with van der Waals surface area (Å²) in [6.07, 6.45) is 0. The summed E-state index contributed by atoms with van der Waals surface area (Å²) in [5, 5.41) is 20.0. The molecule has 0 saturated carbocycles. The van der Waals surface area contributed by atoms with E-state index in [2.05, 4.69) is 5.32 Å². The molecule has 0 aromatic heterocycles. The van der Waals surface area contributed by atoms with Crippen molar-refractivity contribution in [3.05, 3.63) is 29.8 Å². The predicted octanol–water partition coefficient (Wildman–Crippen LogP) is 1.77. The van der Waals surface area contributed by atoms with Crippen LogP contribution in [0.4, 0.5) is 5.69 Å². The van der Waals surface area contributed by atoms with Gasteiger partial charge in [-0.3, -0.25) is 9.59 Å². The van der Waals surface area contributed by atoms with Gasteiger partial charge in [0.2, 0.25) is 5.91 Å². The minimum Gasteiger partial charge on any atom is -0.326 e. The van der Waals surface area contributed by atoms with Crippen LogP contribution >= 0.6 is 0 Å². The van der Waals surface area contributed by atoms with Gasteiger partial charge >= 0.3 is 0 Å². The third kappa shape index (κ3) is 4.63. The molecule has 0 atom stereocenters. The first-order chi connectivity index (χ1) is 9.99. The van der Waals surface area contributed by atoms with Crippen LogP contribution in [0.3, 0.4) is 0 Å². The number of nitrogens with zero attached hydrogens (tertiary/aromatic N) is 3. The molecule has 0 saturated heterocycles. The number of carbonyl (C=O) groups excluding carboxylic acids is 2. The summed E-state index contributed by atoms with van der Waals surface area (Å²) >= 11 is 0. The summed E-state index contributed by atoms with van der Waals surface area (Å²) in [6, 6.07) is 10.0. The number of nitrogens with one attached hydrogen (secondary N) is 1. The highest BCUT2D eigenvalue weighted by molar-refractivity contribution is 5.96. The Kier molecular flexibility index (Phi) is 5.91. The predicted molar refractivity (Wildman–Crippen MR) is 77.0 cm³/mol. The Morgan fingerprint density at radius 3 is 2.10 bits per heavy atom. The average molecular weight is 284 g/mol. The van der Waals surface area contributed by atoms with Crippen molar-refractivity contribution in [3.8, 4) is 12.1 Å². The van der Waals surface area contributed by atoms with Gasteiger partial charge in [0.15, 0.2) is 0 Å². The number of nitriles is 2. The van der Waals surface area contributed by atoms with E-state index in [0.29, 0.717) is 11.3 Å². The normalized spacial score (nSPS) is 9.57. The van der Waals surface area contributed by atoms with E-state index in [1.165, 1.54) is 0 Å². The maximum atomic E-state index is 12.1. The Hall–Kier alpha value is -2.86. The number of hydrogen-bond donors (Lipinski definition) is 1. The summed E-state index contributed by atoms with van der Waals surface area (Å²) in [6.45, 7) is 3.29. The molecule has 0 aliphatic heterocycles. The van der Waals surface area contributed by atoms with E-state index >= 15 is 0 Å². The molecule has 0 aliphatic carbocycles. The molecule has 1 aromatic carbocycles. The molecule has 1 N–H and O–H groups in total. The Morgan fingerprint density at radius 1 is 1.14 bits per heavy atom. The molecular formula is C15H16N4O2. The number of anilines is 1. The summed E-state index contributed by atoms with van der Waals surface area (Å²) < 4.78 is 0. The van der Waals surface area contributed by atoms with Gasteiger partial charge in [0.1, 0.15) is 13.1 Å². The number of benzene rings is 1. The van der Waals surface area contributed by atoms with Crippen LogP contribution in [-0.2, 0) is 4.79 Å². The van der Waals surface area contributed by atoms with Crippen LogP contribution in [0.1, 0.15) is 24.2 Å². The van der Waals surface area contributed by atoms with Gasteiger partial charge in [0.25, 0.3) is 5.91 Å². The molecule has 108 valence electrons. The first kappa shape index (κ1) is 16.2. The molecule has 0 fully saturated rings. The number of carbonyl (C=O) groups is 2. The maximum absolute atomic E-state index is 12.1. The Bertz CT molecular complexity index is 578. The molecule has 1 aromatic rings. The molecule has 0 spiro atoms. The van der Waals surface area contributed by atoms with Crippen LogP contribution in [0.5, 0.6) is 0 Å². The molecule has 1 rings (SSSR count). The van der Waals surface area contributed by atoms with Crippen molar-refractivity contribution in [1.82, 2.24) is 4.90 Å².